The first-order chi connectivity index (χ1) is 19.4. The number of fused-ring (bicyclic) bond motifs is 1. The number of aromatic nitrogens is 4. The highest BCUT2D eigenvalue weighted by atomic mass is 16.5. The first-order valence-electron chi connectivity index (χ1n) is 13.9. The number of nitrogens with two attached hydrogens (primary N) is 1. The van der Waals surface area contributed by atoms with Crippen molar-refractivity contribution < 1.29 is 9.53 Å². The molecule has 2 aromatic carbocycles. The number of carbonyl (C=O) groups excluding carboxylic acids is 1. The zero-order valence-electron chi connectivity index (χ0n) is 22.9. The predicted molar refractivity (Wildman–Crippen MR) is 152 cm³/mol. The number of nitrogens with zero attached hydrogens (tertiary/aromatic N) is 5. The van der Waals surface area contributed by atoms with Gasteiger partial charge in [-0.05, 0) is 61.8 Å². The molecule has 1 aliphatic carbocycles. The van der Waals surface area contributed by atoms with Crippen molar-refractivity contribution in [2.24, 2.45) is 5.73 Å². The van der Waals surface area contributed by atoms with Crippen LogP contribution in [0.15, 0.2) is 59.7 Å². The Hall–Kier alpha value is -4.29. The lowest BCUT2D eigenvalue weighted by atomic mass is 9.92. The highest BCUT2D eigenvalue weighted by Gasteiger charge is 2.29. The molecule has 2 heterocycles. The normalized spacial score (nSPS) is 17.9. The van der Waals surface area contributed by atoms with Crippen molar-refractivity contribution in [1.82, 2.24) is 19.2 Å². The van der Waals surface area contributed by atoms with E-state index in [1.807, 2.05) is 57.6 Å². The van der Waals surface area contributed by atoms with Crippen LogP contribution in [0.2, 0.25) is 0 Å². The summed E-state index contributed by atoms with van der Waals surface area (Å²) in [5.74, 6) is 0.0949. The fourth-order valence-electron chi connectivity index (χ4n) is 5.71. The minimum Gasteiger partial charge on any atom is -0.367 e. The van der Waals surface area contributed by atoms with Crippen LogP contribution in [0.4, 0.5) is 0 Å². The molecule has 0 bridgehead atoms. The van der Waals surface area contributed by atoms with E-state index >= 15 is 0 Å². The third-order valence-electron chi connectivity index (χ3n) is 7.81. The fraction of sp³-hybridized carbons (Fsp3) is 0.387. The molecule has 9 nitrogen and oxygen atoms in total. The van der Waals surface area contributed by atoms with Crippen LogP contribution >= 0.6 is 0 Å². The molecule has 4 aromatic rings. The second kappa shape index (κ2) is 11.8. The summed E-state index contributed by atoms with van der Waals surface area (Å²) in [5.41, 5.74) is 10.4. The van der Waals surface area contributed by atoms with Gasteiger partial charge in [-0.3, -0.25) is 14.2 Å². The number of ether oxygens (including phenoxy) is 1. The highest BCUT2D eigenvalue weighted by molar-refractivity contribution is 5.78. The molecule has 0 radical (unpaired) electrons. The quantitative estimate of drug-likeness (QED) is 0.337. The number of benzene rings is 2. The van der Waals surface area contributed by atoms with Crippen molar-refractivity contribution in [2.75, 3.05) is 0 Å². The van der Waals surface area contributed by atoms with Gasteiger partial charge in [-0.2, -0.15) is 15.3 Å². The summed E-state index contributed by atoms with van der Waals surface area (Å²) < 4.78 is 9.48. The van der Waals surface area contributed by atoms with Crippen molar-refractivity contribution in [3.63, 3.8) is 0 Å². The van der Waals surface area contributed by atoms with Crippen LogP contribution in [-0.4, -0.2) is 37.3 Å². The van der Waals surface area contributed by atoms with Gasteiger partial charge in [0.15, 0.2) is 0 Å². The number of hydrogen-bond acceptors (Lipinski definition) is 6. The Labute approximate surface area is 233 Å². The van der Waals surface area contributed by atoms with E-state index in [9.17, 15) is 14.9 Å². The SMILES string of the molecule is CCCc1c(Cc2ccc(-c3ccccc3C#N)cc2)c(=O)n(C2CCC(OC(C)C(N)=O)CC2)c2ncnn12. The van der Waals surface area contributed by atoms with Crippen LogP contribution in [0.25, 0.3) is 16.9 Å². The minimum atomic E-state index is -0.632. The van der Waals surface area contributed by atoms with Gasteiger partial charge in [0.1, 0.15) is 12.4 Å². The smallest absolute Gasteiger partial charge is 0.259 e. The molecule has 2 aromatic heterocycles. The molecule has 0 spiro atoms. The lowest BCUT2D eigenvalue weighted by Crippen LogP contribution is -2.37. The molecule has 0 saturated heterocycles. The van der Waals surface area contributed by atoms with Crippen LogP contribution in [-0.2, 0) is 22.4 Å². The molecular formula is C31H34N6O3. The molecule has 1 unspecified atom stereocenters. The molecule has 9 heteroatoms. The standard InChI is InChI=1S/C31H34N6O3/c1-3-6-28-27(17-21-9-11-22(12-10-21)26-8-5-4-7-23(26)18-32)30(39)36(31-34-19-35-37(28)31)24-13-15-25(16-14-24)40-20(2)29(33)38/h4-5,7-12,19-20,24-25H,3,6,13-17H2,1-2H3,(H2,33,38). The summed E-state index contributed by atoms with van der Waals surface area (Å²) in [4.78, 5) is 30.1. The van der Waals surface area contributed by atoms with E-state index in [1.165, 1.54) is 6.33 Å². The Morgan fingerprint density at radius 3 is 2.55 bits per heavy atom. The maximum atomic E-state index is 14.2. The van der Waals surface area contributed by atoms with Gasteiger partial charge in [0.05, 0.1) is 23.4 Å². The number of nitriles is 1. The van der Waals surface area contributed by atoms with Gasteiger partial charge < -0.3 is 10.5 Å². The average molecular weight is 539 g/mol. The molecule has 206 valence electrons. The molecule has 1 atom stereocenters. The summed E-state index contributed by atoms with van der Waals surface area (Å²) in [5, 5.41) is 14.0. The van der Waals surface area contributed by atoms with Crippen molar-refractivity contribution in [3.8, 4) is 17.2 Å². The van der Waals surface area contributed by atoms with E-state index in [1.54, 1.807) is 6.92 Å². The van der Waals surface area contributed by atoms with Gasteiger partial charge in [0.2, 0.25) is 11.7 Å². The molecular weight excluding hydrogens is 504 g/mol. The van der Waals surface area contributed by atoms with Gasteiger partial charge in [0.25, 0.3) is 5.56 Å². The molecule has 1 amide bonds. The number of hydrogen-bond donors (Lipinski definition) is 1. The molecule has 5 rings (SSSR count). The van der Waals surface area contributed by atoms with Crippen molar-refractivity contribution >= 4 is 11.7 Å². The Morgan fingerprint density at radius 1 is 1.15 bits per heavy atom. The van der Waals surface area contributed by atoms with Gasteiger partial charge in [-0.1, -0.05) is 55.8 Å². The molecule has 1 saturated carbocycles. The van der Waals surface area contributed by atoms with Crippen molar-refractivity contribution in [2.45, 2.75) is 77.0 Å². The summed E-state index contributed by atoms with van der Waals surface area (Å²) in [6, 6.07) is 17.8. The number of primary amides is 1. The first-order valence-corrected chi connectivity index (χ1v) is 13.9. The zero-order valence-corrected chi connectivity index (χ0v) is 22.9. The minimum absolute atomic E-state index is 0.0299. The Bertz CT molecular complexity index is 1610. The second-order valence-corrected chi connectivity index (χ2v) is 10.5. The summed E-state index contributed by atoms with van der Waals surface area (Å²) in [6.45, 7) is 3.76. The lowest BCUT2D eigenvalue weighted by molar-refractivity contribution is -0.133. The third-order valence-corrected chi connectivity index (χ3v) is 7.81. The van der Waals surface area contributed by atoms with E-state index in [-0.39, 0.29) is 17.7 Å². The maximum Gasteiger partial charge on any atom is 0.259 e. The van der Waals surface area contributed by atoms with Gasteiger partial charge in [-0.25, -0.2) is 4.52 Å². The maximum absolute atomic E-state index is 14.2. The largest absolute Gasteiger partial charge is 0.367 e. The van der Waals surface area contributed by atoms with E-state index in [2.05, 4.69) is 23.1 Å². The van der Waals surface area contributed by atoms with E-state index in [4.69, 9.17) is 10.5 Å². The van der Waals surface area contributed by atoms with Crippen LogP contribution in [0.5, 0.6) is 0 Å². The van der Waals surface area contributed by atoms with Crippen LogP contribution < -0.4 is 11.3 Å². The van der Waals surface area contributed by atoms with Gasteiger partial charge in [0, 0.05) is 18.0 Å². The molecule has 1 fully saturated rings. The van der Waals surface area contributed by atoms with Gasteiger partial charge >= 0.3 is 0 Å². The summed E-state index contributed by atoms with van der Waals surface area (Å²) >= 11 is 0. The number of amides is 1. The number of rotatable bonds is 9. The summed E-state index contributed by atoms with van der Waals surface area (Å²) in [7, 11) is 0. The molecule has 40 heavy (non-hydrogen) atoms. The predicted octanol–water partition coefficient (Wildman–Crippen LogP) is 4.35. The zero-order chi connectivity index (χ0) is 28.2. The lowest BCUT2D eigenvalue weighted by Gasteiger charge is -2.31. The summed E-state index contributed by atoms with van der Waals surface area (Å²) in [6.07, 6.45) is 5.80. The second-order valence-electron chi connectivity index (χ2n) is 10.5. The first kappa shape index (κ1) is 27.3. The Morgan fingerprint density at radius 2 is 1.88 bits per heavy atom. The van der Waals surface area contributed by atoms with E-state index < -0.39 is 12.0 Å². The molecule has 0 aliphatic heterocycles. The van der Waals surface area contributed by atoms with Crippen molar-refractivity contribution in [1.29, 1.82) is 5.26 Å². The third kappa shape index (κ3) is 5.40. The molecule has 2 N–H and O–H groups in total. The van der Waals surface area contributed by atoms with Crippen LogP contribution in [0, 0.1) is 11.3 Å². The fourth-order valence-corrected chi connectivity index (χ4v) is 5.71. The topological polar surface area (TPSA) is 128 Å². The Kier molecular flexibility index (Phi) is 8.08. The van der Waals surface area contributed by atoms with Crippen molar-refractivity contribution in [3.05, 3.63) is 87.6 Å². The highest BCUT2D eigenvalue weighted by Crippen LogP contribution is 2.31. The molecule has 1 aliphatic rings. The Balaban J connectivity index is 1.47. The number of aryl methyl sites for hydroxylation is 1. The average Bonchev–Trinajstić information content (AvgIpc) is 3.45. The monoisotopic (exact) mass is 538 g/mol. The van der Waals surface area contributed by atoms with E-state index in [0.29, 0.717) is 24.2 Å². The number of carbonyl (C=O) groups is 1. The van der Waals surface area contributed by atoms with Crippen LogP contribution in [0.1, 0.15) is 74.4 Å². The van der Waals surface area contributed by atoms with E-state index in [0.717, 1.165) is 60.1 Å². The van der Waals surface area contributed by atoms with Crippen LogP contribution in [0.3, 0.4) is 0 Å². The van der Waals surface area contributed by atoms with Gasteiger partial charge in [-0.15, -0.1) is 0 Å².